The van der Waals surface area contributed by atoms with E-state index in [-0.39, 0.29) is 5.91 Å². The third-order valence-electron chi connectivity index (χ3n) is 4.94. The molecule has 130 valence electrons. The second-order valence-corrected chi connectivity index (χ2v) is 6.68. The predicted octanol–water partition coefficient (Wildman–Crippen LogP) is 2.39. The van der Waals surface area contributed by atoms with Crippen LogP contribution < -0.4 is 11.1 Å². The van der Waals surface area contributed by atoms with E-state index in [2.05, 4.69) is 27.1 Å². The largest absolute Gasteiger partial charge is 0.397 e. The first-order chi connectivity index (χ1) is 11.7. The molecule has 6 heteroatoms. The molecule has 3 rings (SSSR count). The highest BCUT2D eigenvalue weighted by atomic mass is 16.1. The number of anilines is 1. The maximum Gasteiger partial charge on any atom is 0.253 e. The van der Waals surface area contributed by atoms with Crippen molar-refractivity contribution in [2.45, 2.75) is 32.6 Å². The Morgan fingerprint density at radius 1 is 1.42 bits per heavy atom. The number of benzene rings is 1. The summed E-state index contributed by atoms with van der Waals surface area (Å²) in [6, 6.07) is 3.50. The highest BCUT2D eigenvalue weighted by Crippen LogP contribution is 2.21. The van der Waals surface area contributed by atoms with Crippen molar-refractivity contribution in [3.63, 3.8) is 0 Å². The van der Waals surface area contributed by atoms with E-state index >= 15 is 0 Å². The number of fused-ring (bicyclic) bond motifs is 1. The monoisotopic (exact) mass is 329 g/mol. The van der Waals surface area contributed by atoms with Crippen LogP contribution in [-0.2, 0) is 0 Å². The minimum Gasteiger partial charge on any atom is -0.397 e. The normalized spacial score (nSPS) is 16.5. The fourth-order valence-corrected chi connectivity index (χ4v) is 3.37. The maximum atomic E-state index is 12.5. The molecule has 1 aromatic heterocycles. The van der Waals surface area contributed by atoms with Gasteiger partial charge in [-0.05, 0) is 56.9 Å². The molecule has 2 heterocycles. The molecule has 1 saturated heterocycles. The second-order valence-electron chi connectivity index (χ2n) is 6.68. The van der Waals surface area contributed by atoms with Crippen LogP contribution in [0.4, 0.5) is 5.69 Å². The number of aromatic amines is 1. The van der Waals surface area contributed by atoms with Gasteiger partial charge in [0, 0.05) is 6.54 Å². The topological polar surface area (TPSA) is 87.0 Å². The fourth-order valence-electron chi connectivity index (χ4n) is 3.37. The van der Waals surface area contributed by atoms with Crippen LogP contribution in [0.5, 0.6) is 0 Å². The molecule has 2 aromatic rings. The fraction of sp³-hybridized carbons (Fsp3) is 0.556. The van der Waals surface area contributed by atoms with Crippen LogP contribution in [0.1, 0.15) is 43.0 Å². The SMILES string of the molecule is CCCCN1CCC(CNC(=O)c2ccc(N)c3[nH]cnc23)CC1. The van der Waals surface area contributed by atoms with E-state index in [0.29, 0.717) is 22.7 Å². The van der Waals surface area contributed by atoms with Crippen LogP contribution in [-0.4, -0.2) is 47.0 Å². The summed E-state index contributed by atoms with van der Waals surface area (Å²) < 4.78 is 0. The molecule has 24 heavy (non-hydrogen) atoms. The Balaban J connectivity index is 1.53. The number of piperidine rings is 1. The number of amides is 1. The summed E-state index contributed by atoms with van der Waals surface area (Å²) in [4.78, 5) is 22.3. The van der Waals surface area contributed by atoms with Gasteiger partial charge < -0.3 is 20.9 Å². The molecule has 4 N–H and O–H groups in total. The first-order valence-electron chi connectivity index (χ1n) is 8.91. The van der Waals surface area contributed by atoms with Crippen LogP contribution in [0.2, 0.25) is 0 Å². The molecular formula is C18H27N5O. The number of carbonyl (C=O) groups is 1. The lowest BCUT2D eigenvalue weighted by Gasteiger charge is -2.31. The number of nitrogens with one attached hydrogen (secondary N) is 2. The predicted molar refractivity (Wildman–Crippen MR) is 96.9 cm³/mol. The Labute approximate surface area is 142 Å². The average molecular weight is 329 g/mol. The molecule has 0 spiro atoms. The number of hydrogen-bond acceptors (Lipinski definition) is 4. The van der Waals surface area contributed by atoms with Gasteiger partial charge in [0.1, 0.15) is 5.52 Å². The molecule has 1 aliphatic rings. The first-order valence-corrected chi connectivity index (χ1v) is 8.91. The van der Waals surface area contributed by atoms with E-state index in [1.54, 1.807) is 18.5 Å². The van der Waals surface area contributed by atoms with Gasteiger partial charge in [0.15, 0.2) is 0 Å². The van der Waals surface area contributed by atoms with Gasteiger partial charge in [-0.25, -0.2) is 4.98 Å². The number of nitrogens with zero attached hydrogens (tertiary/aromatic N) is 2. The molecule has 0 aliphatic carbocycles. The van der Waals surface area contributed by atoms with Gasteiger partial charge in [-0.2, -0.15) is 0 Å². The van der Waals surface area contributed by atoms with Gasteiger partial charge in [0.25, 0.3) is 5.91 Å². The van der Waals surface area contributed by atoms with Gasteiger partial charge in [-0.1, -0.05) is 13.3 Å². The van der Waals surface area contributed by atoms with Gasteiger partial charge in [0.05, 0.1) is 23.1 Å². The maximum absolute atomic E-state index is 12.5. The summed E-state index contributed by atoms with van der Waals surface area (Å²) in [5.41, 5.74) is 8.46. The van der Waals surface area contributed by atoms with Crippen molar-refractivity contribution in [2.75, 3.05) is 31.9 Å². The van der Waals surface area contributed by atoms with E-state index in [1.165, 1.54) is 19.4 Å². The zero-order valence-corrected chi connectivity index (χ0v) is 14.3. The summed E-state index contributed by atoms with van der Waals surface area (Å²) >= 11 is 0. The second kappa shape index (κ2) is 7.66. The van der Waals surface area contributed by atoms with Crippen molar-refractivity contribution in [3.05, 3.63) is 24.0 Å². The molecular weight excluding hydrogens is 302 g/mol. The minimum atomic E-state index is -0.0690. The zero-order chi connectivity index (χ0) is 16.9. The highest BCUT2D eigenvalue weighted by molar-refractivity contribution is 6.07. The average Bonchev–Trinajstić information content (AvgIpc) is 3.10. The smallest absolute Gasteiger partial charge is 0.253 e. The van der Waals surface area contributed by atoms with E-state index in [4.69, 9.17) is 5.73 Å². The summed E-state index contributed by atoms with van der Waals surface area (Å²) in [6.07, 6.45) is 6.41. The molecule has 0 saturated carbocycles. The lowest BCUT2D eigenvalue weighted by Crippen LogP contribution is -2.39. The summed E-state index contributed by atoms with van der Waals surface area (Å²) in [5.74, 6) is 0.496. The molecule has 0 unspecified atom stereocenters. The number of likely N-dealkylation sites (tertiary alicyclic amines) is 1. The lowest BCUT2D eigenvalue weighted by molar-refractivity contribution is 0.0937. The van der Waals surface area contributed by atoms with Crippen LogP contribution in [0.15, 0.2) is 18.5 Å². The van der Waals surface area contributed by atoms with Gasteiger partial charge >= 0.3 is 0 Å². The van der Waals surface area contributed by atoms with Crippen molar-refractivity contribution in [3.8, 4) is 0 Å². The van der Waals surface area contributed by atoms with Gasteiger partial charge in [-0.15, -0.1) is 0 Å². The van der Waals surface area contributed by atoms with E-state index < -0.39 is 0 Å². The third-order valence-corrected chi connectivity index (χ3v) is 4.94. The summed E-state index contributed by atoms with van der Waals surface area (Å²) in [5, 5.41) is 3.08. The Morgan fingerprint density at radius 2 is 2.21 bits per heavy atom. The Hall–Kier alpha value is -2.08. The third kappa shape index (κ3) is 3.70. The van der Waals surface area contributed by atoms with E-state index in [1.807, 2.05) is 0 Å². The molecule has 1 amide bonds. The number of H-pyrrole nitrogens is 1. The number of aromatic nitrogens is 2. The Bertz CT molecular complexity index is 688. The standard InChI is InChI=1S/C18H27N5O/c1-2-3-8-23-9-6-13(7-10-23)11-20-18(24)14-4-5-15(19)17-16(14)21-12-22-17/h4-5,12-13H,2-3,6-11,19H2,1H3,(H,20,24)(H,21,22). The Morgan fingerprint density at radius 3 is 2.96 bits per heavy atom. The molecule has 1 aromatic carbocycles. The van der Waals surface area contributed by atoms with Gasteiger partial charge in [-0.3, -0.25) is 4.79 Å². The number of carbonyl (C=O) groups excluding carboxylic acids is 1. The van der Waals surface area contributed by atoms with Gasteiger partial charge in [0.2, 0.25) is 0 Å². The lowest BCUT2D eigenvalue weighted by atomic mass is 9.96. The zero-order valence-electron chi connectivity index (χ0n) is 14.3. The van der Waals surface area contributed by atoms with E-state index in [9.17, 15) is 4.79 Å². The number of nitrogen functional groups attached to an aromatic ring is 1. The van der Waals surface area contributed by atoms with Crippen LogP contribution in [0.25, 0.3) is 11.0 Å². The number of unbranched alkanes of at least 4 members (excludes halogenated alkanes) is 1. The molecule has 0 bridgehead atoms. The molecule has 0 atom stereocenters. The van der Waals surface area contributed by atoms with Crippen molar-refractivity contribution < 1.29 is 4.79 Å². The number of rotatable bonds is 6. The quantitative estimate of drug-likeness (QED) is 0.710. The van der Waals surface area contributed by atoms with E-state index in [0.717, 1.165) is 38.0 Å². The van der Waals surface area contributed by atoms with Crippen LogP contribution in [0, 0.1) is 5.92 Å². The molecule has 0 radical (unpaired) electrons. The van der Waals surface area contributed by atoms with Crippen LogP contribution >= 0.6 is 0 Å². The Kier molecular flexibility index (Phi) is 5.35. The van der Waals surface area contributed by atoms with Crippen molar-refractivity contribution in [1.82, 2.24) is 20.2 Å². The molecule has 6 nitrogen and oxygen atoms in total. The van der Waals surface area contributed by atoms with Crippen molar-refractivity contribution in [2.24, 2.45) is 5.92 Å². The highest BCUT2D eigenvalue weighted by Gasteiger charge is 2.20. The summed E-state index contributed by atoms with van der Waals surface area (Å²) in [6.45, 7) is 6.46. The molecule has 1 fully saturated rings. The molecule has 1 aliphatic heterocycles. The summed E-state index contributed by atoms with van der Waals surface area (Å²) in [7, 11) is 0. The number of imidazole rings is 1. The number of hydrogen-bond donors (Lipinski definition) is 3. The van der Waals surface area contributed by atoms with Crippen molar-refractivity contribution >= 4 is 22.6 Å². The van der Waals surface area contributed by atoms with Crippen molar-refractivity contribution in [1.29, 1.82) is 0 Å². The minimum absolute atomic E-state index is 0.0690. The first kappa shape index (κ1) is 16.8. The van der Waals surface area contributed by atoms with Crippen LogP contribution in [0.3, 0.4) is 0 Å². The number of nitrogens with two attached hydrogens (primary N) is 1.